The minimum absolute atomic E-state index is 0.0881. The molecule has 0 saturated heterocycles. The summed E-state index contributed by atoms with van der Waals surface area (Å²) in [6.45, 7) is 9.16. The Morgan fingerprint density at radius 1 is 1.35 bits per heavy atom. The molecule has 1 N–H and O–H groups in total. The molecule has 1 aliphatic carbocycles. The zero-order valence-electron chi connectivity index (χ0n) is 11.6. The highest BCUT2D eigenvalue weighted by atomic mass is 32.1. The van der Waals surface area contributed by atoms with E-state index in [0.717, 1.165) is 0 Å². The van der Waals surface area contributed by atoms with Crippen molar-refractivity contribution in [2.45, 2.75) is 58.4 Å². The molecule has 0 amide bonds. The number of nitrogens with zero attached hydrogens (tertiary/aromatic N) is 1. The Labute approximate surface area is 109 Å². The highest BCUT2D eigenvalue weighted by Gasteiger charge is 2.50. The van der Waals surface area contributed by atoms with Crippen LogP contribution in [0.4, 0.5) is 0 Å². The summed E-state index contributed by atoms with van der Waals surface area (Å²) in [7, 11) is 2.09. The van der Waals surface area contributed by atoms with Crippen molar-refractivity contribution in [2.75, 3.05) is 7.05 Å². The van der Waals surface area contributed by atoms with E-state index in [-0.39, 0.29) is 5.54 Å². The average molecular weight is 252 g/mol. The van der Waals surface area contributed by atoms with E-state index in [1.165, 1.54) is 30.0 Å². The summed E-state index contributed by atoms with van der Waals surface area (Å²) in [5, 5.41) is 7.10. The van der Waals surface area contributed by atoms with Crippen LogP contribution in [0.3, 0.4) is 0 Å². The zero-order chi connectivity index (χ0) is 12.7. The topological polar surface area (TPSA) is 24.9 Å². The van der Waals surface area contributed by atoms with Crippen LogP contribution >= 0.6 is 11.3 Å². The fraction of sp³-hybridized carbons (Fsp3) is 0.786. The standard InChI is InChI=1S/C14H24N2S/c1-10(2)11-9-17-12(16-11)14(15-5)8-6-7-13(14,3)4/h9-10,15H,6-8H2,1-5H3. The molecule has 17 heavy (non-hydrogen) atoms. The van der Waals surface area contributed by atoms with Gasteiger partial charge in [0.05, 0.1) is 11.2 Å². The molecule has 0 aliphatic heterocycles. The van der Waals surface area contributed by atoms with E-state index < -0.39 is 0 Å². The van der Waals surface area contributed by atoms with Gasteiger partial charge in [-0.25, -0.2) is 4.98 Å². The molecule has 1 unspecified atom stereocenters. The Balaban J connectivity index is 2.41. The Morgan fingerprint density at radius 2 is 2.06 bits per heavy atom. The number of thiazole rings is 1. The lowest BCUT2D eigenvalue weighted by atomic mass is 9.75. The van der Waals surface area contributed by atoms with Crippen molar-refractivity contribution in [3.63, 3.8) is 0 Å². The first-order valence-corrected chi connectivity index (χ1v) is 7.46. The second-order valence-electron chi connectivity index (χ2n) is 6.12. The molecule has 1 atom stereocenters. The van der Waals surface area contributed by atoms with Crippen LogP contribution < -0.4 is 5.32 Å². The quantitative estimate of drug-likeness (QED) is 0.882. The molecule has 2 nitrogen and oxygen atoms in total. The molecule has 2 rings (SSSR count). The van der Waals surface area contributed by atoms with Crippen molar-refractivity contribution >= 4 is 11.3 Å². The maximum atomic E-state index is 4.89. The molecule has 96 valence electrons. The SMILES string of the molecule is CNC1(c2nc(C(C)C)cs2)CCCC1(C)C. The van der Waals surface area contributed by atoms with Crippen LogP contribution in [0.5, 0.6) is 0 Å². The summed E-state index contributed by atoms with van der Waals surface area (Å²) >= 11 is 1.83. The smallest absolute Gasteiger partial charge is 0.114 e. The van der Waals surface area contributed by atoms with Crippen LogP contribution in [0.1, 0.15) is 63.6 Å². The normalized spacial score (nSPS) is 27.9. The largest absolute Gasteiger partial charge is 0.308 e. The van der Waals surface area contributed by atoms with Crippen LogP contribution in [-0.4, -0.2) is 12.0 Å². The van der Waals surface area contributed by atoms with E-state index >= 15 is 0 Å². The van der Waals surface area contributed by atoms with Gasteiger partial charge in [-0.3, -0.25) is 0 Å². The van der Waals surface area contributed by atoms with E-state index in [9.17, 15) is 0 Å². The molecule has 1 aliphatic rings. The number of hydrogen-bond donors (Lipinski definition) is 1. The first-order chi connectivity index (χ1) is 7.93. The van der Waals surface area contributed by atoms with E-state index in [1.807, 2.05) is 11.3 Å². The molecular weight excluding hydrogens is 228 g/mol. The van der Waals surface area contributed by atoms with Crippen LogP contribution in [0.15, 0.2) is 5.38 Å². The number of nitrogens with one attached hydrogen (secondary N) is 1. The Kier molecular flexibility index (Phi) is 3.34. The average Bonchev–Trinajstić information content (AvgIpc) is 2.82. The molecule has 1 fully saturated rings. The van der Waals surface area contributed by atoms with Crippen LogP contribution in [-0.2, 0) is 5.54 Å². The molecular formula is C14H24N2S. The molecule has 1 saturated carbocycles. The van der Waals surface area contributed by atoms with Gasteiger partial charge in [0.15, 0.2) is 0 Å². The second-order valence-corrected chi connectivity index (χ2v) is 6.98. The van der Waals surface area contributed by atoms with Gasteiger partial charge in [-0.2, -0.15) is 0 Å². The summed E-state index contributed by atoms with van der Waals surface area (Å²) in [4.78, 5) is 4.89. The fourth-order valence-electron chi connectivity index (χ4n) is 3.06. The van der Waals surface area contributed by atoms with Crippen molar-refractivity contribution in [1.82, 2.24) is 10.3 Å². The first-order valence-electron chi connectivity index (χ1n) is 6.58. The molecule has 0 radical (unpaired) electrons. The van der Waals surface area contributed by atoms with Gasteiger partial charge in [-0.1, -0.05) is 34.1 Å². The molecule has 1 aromatic heterocycles. The van der Waals surface area contributed by atoms with Crippen molar-refractivity contribution < 1.29 is 0 Å². The first kappa shape index (κ1) is 13.0. The van der Waals surface area contributed by atoms with Crippen molar-refractivity contribution in [3.05, 3.63) is 16.1 Å². The lowest BCUT2D eigenvalue weighted by molar-refractivity contribution is 0.167. The minimum atomic E-state index is 0.0881. The summed E-state index contributed by atoms with van der Waals surface area (Å²) in [5.74, 6) is 0.526. The monoisotopic (exact) mass is 252 g/mol. The van der Waals surface area contributed by atoms with E-state index in [0.29, 0.717) is 11.3 Å². The summed E-state index contributed by atoms with van der Waals surface area (Å²) < 4.78 is 0. The predicted molar refractivity (Wildman–Crippen MR) is 74.6 cm³/mol. The number of rotatable bonds is 3. The third-order valence-electron chi connectivity index (χ3n) is 4.41. The van der Waals surface area contributed by atoms with Crippen molar-refractivity contribution in [3.8, 4) is 0 Å². The van der Waals surface area contributed by atoms with Gasteiger partial charge in [0.2, 0.25) is 0 Å². The summed E-state index contributed by atoms with van der Waals surface area (Å²) in [6.07, 6.45) is 3.79. The van der Waals surface area contributed by atoms with Gasteiger partial charge in [0.25, 0.3) is 0 Å². The van der Waals surface area contributed by atoms with Gasteiger partial charge < -0.3 is 5.32 Å². The molecule has 1 heterocycles. The lowest BCUT2D eigenvalue weighted by Gasteiger charge is -2.40. The molecule has 0 spiro atoms. The Bertz CT molecular complexity index is 395. The zero-order valence-corrected chi connectivity index (χ0v) is 12.4. The number of hydrogen-bond acceptors (Lipinski definition) is 3. The van der Waals surface area contributed by atoms with Crippen LogP contribution in [0, 0.1) is 5.41 Å². The highest BCUT2D eigenvalue weighted by molar-refractivity contribution is 7.09. The Hall–Kier alpha value is -0.410. The summed E-state index contributed by atoms with van der Waals surface area (Å²) in [6, 6.07) is 0. The molecule has 1 aromatic rings. The van der Waals surface area contributed by atoms with E-state index in [4.69, 9.17) is 4.98 Å². The van der Waals surface area contributed by atoms with Crippen LogP contribution in [0.2, 0.25) is 0 Å². The number of aromatic nitrogens is 1. The maximum absolute atomic E-state index is 4.89. The van der Waals surface area contributed by atoms with Crippen molar-refractivity contribution in [1.29, 1.82) is 0 Å². The van der Waals surface area contributed by atoms with Gasteiger partial charge in [-0.15, -0.1) is 11.3 Å². The van der Waals surface area contributed by atoms with Crippen LogP contribution in [0.25, 0.3) is 0 Å². The summed E-state index contributed by atoms with van der Waals surface area (Å²) in [5.41, 5.74) is 1.63. The minimum Gasteiger partial charge on any atom is -0.308 e. The highest BCUT2D eigenvalue weighted by Crippen LogP contribution is 2.52. The third kappa shape index (κ3) is 1.93. The fourth-order valence-corrected chi connectivity index (χ4v) is 4.46. The maximum Gasteiger partial charge on any atom is 0.114 e. The van der Waals surface area contributed by atoms with E-state index in [2.05, 4.69) is 45.4 Å². The Morgan fingerprint density at radius 3 is 2.47 bits per heavy atom. The van der Waals surface area contributed by atoms with Gasteiger partial charge >= 0.3 is 0 Å². The third-order valence-corrected chi connectivity index (χ3v) is 5.44. The molecule has 0 bridgehead atoms. The molecule has 0 aromatic carbocycles. The van der Waals surface area contributed by atoms with Crippen molar-refractivity contribution in [2.24, 2.45) is 5.41 Å². The second kappa shape index (κ2) is 4.36. The van der Waals surface area contributed by atoms with Gasteiger partial charge in [0.1, 0.15) is 5.01 Å². The van der Waals surface area contributed by atoms with Gasteiger partial charge in [0, 0.05) is 5.38 Å². The molecule has 3 heteroatoms. The predicted octanol–water partition coefficient (Wildman–Crippen LogP) is 3.89. The lowest BCUT2D eigenvalue weighted by Crippen LogP contribution is -2.48. The van der Waals surface area contributed by atoms with E-state index in [1.54, 1.807) is 0 Å². The van der Waals surface area contributed by atoms with Gasteiger partial charge in [-0.05, 0) is 31.2 Å².